The Balaban J connectivity index is 0.00000109. The van der Waals surface area contributed by atoms with Crippen LogP contribution in [-0.4, -0.2) is 23.8 Å². The number of aryl methyl sites for hydroxylation is 2. The highest BCUT2D eigenvalue weighted by atomic mass is 19.1. The topological polar surface area (TPSA) is 45.2 Å². The highest BCUT2D eigenvalue weighted by Crippen LogP contribution is 2.35. The summed E-state index contributed by atoms with van der Waals surface area (Å²) in [7, 11) is 1.61. The zero-order valence-electron chi connectivity index (χ0n) is 15.1. The third kappa shape index (κ3) is 4.20. The molecule has 1 heterocycles. The van der Waals surface area contributed by atoms with Crippen LogP contribution in [-0.2, 0) is 19.3 Å². The highest BCUT2D eigenvalue weighted by Gasteiger charge is 2.17. The lowest BCUT2D eigenvalue weighted by Crippen LogP contribution is -1.99. The normalized spacial score (nSPS) is 10.4. The number of aromatic nitrogens is 1. The molecular formula is C21H26FNO2. The number of aliphatic hydroxyl groups is 1. The van der Waals surface area contributed by atoms with E-state index < -0.39 is 0 Å². The Hall–Kier alpha value is -2.33. The van der Waals surface area contributed by atoms with Gasteiger partial charge in [0.15, 0.2) is 0 Å². The van der Waals surface area contributed by atoms with Gasteiger partial charge in [0.2, 0.25) is 0 Å². The third-order valence-corrected chi connectivity index (χ3v) is 4.13. The molecule has 3 rings (SSSR count). The second-order valence-corrected chi connectivity index (χ2v) is 5.57. The summed E-state index contributed by atoms with van der Waals surface area (Å²) in [6, 6.07) is 11.7. The van der Waals surface area contributed by atoms with Crippen LogP contribution in [0.2, 0.25) is 0 Å². The van der Waals surface area contributed by atoms with E-state index in [-0.39, 0.29) is 12.4 Å². The summed E-state index contributed by atoms with van der Waals surface area (Å²) in [5, 5.41) is 9.94. The van der Waals surface area contributed by atoms with E-state index >= 15 is 0 Å². The van der Waals surface area contributed by atoms with Gasteiger partial charge in [-0.3, -0.25) is 0 Å². The van der Waals surface area contributed by atoms with Gasteiger partial charge in [-0.25, -0.2) is 4.39 Å². The number of hydrogen-bond acceptors (Lipinski definition) is 2. The van der Waals surface area contributed by atoms with Gasteiger partial charge in [0.1, 0.15) is 11.6 Å². The Kier molecular flexibility index (Phi) is 7.02. The van der Waals surface area contributed by atoms with Crippen LogP contribution in [0.5, 0.6) is 5.75 Å². The Morgan fingerprint density at radius 3 is 2.40 bits per heavy atom. The molecule has 0 atom stereocenters. The number of ether oxygens (including phenoxy) is 1. The molecule has 0 saturated heterocycles. The molecule has 2 aromatic carbocycles. The van der Waals surface area contributed by atoms with Gasteiger partial charge in [0.25, 0.3) is 0 Å². The van der Waals surface area contributed by atoms with Crippen LogP contribution in [0, 0.1) is 5.82 Å². The van der Waals surface area contributed by atoms with E-state index in [0.717, 1.165) is 22.9 Å². The number of benzene rings is 2. The van der Waals surface area contributed by atoms with Crippen LogP contribution in [0.4, 0.5) is 4.39 Å². The first kappa shape index (κ1) is 19.0. The fraction of sp³-hybridized carbons (Fsp3) is 0.333. The van der Waals surface area contributed by atoms with Crippen molar-refractivity contribution in [3.05, 3.63) is 65.1 Å². The third-order valence-electron chi connectivity index (χ3n) is 4.13. The van der Waals surface area contributed by atoms with Crippen molar-refractivity contribution in [2.24, 2.45) is 0 Å². The number of fused-ring (bicyclic) bond motifs is 1. The number of nitrogens with one attached hydrogen (secondary N) is 1. The first-order valence-corrected chi connectivity index (χ1v) is 8.74. The molecule has 0 unspecified atom stereocenters. The first-order chi connectivity index (χ1) is 12.2. The average Bonchev–Trinajstić information content (AvgIpc) is 3.07. The summed E-state index contributed by atoms with van der Waals surface area (Å²) in [6.45, 7) is 4.02. The molecule has 0 aliphatic carbocycles. The minimum atomic E-state index is -0.284. The average molecular weight is 343 g/mol. The van der Waals surface area contributed by atoms with Crippen molar-refractivity contribution in [2.45, 2.75) is 33.1 Å². The predicted octanol–water partition coefficient (Wildman–Crippen LogP) is 4.66. The van der Waals surface area contributed by atoms with Crippen LogP contribution < -0.4 is 4.74 Å². The Labute approximate surface area is 148 Å². The number of hydrogen-bond donors (Lipinski definition) is 2. The lowest BCUT2D eigenvalue weighted by Gasteiger charge is -2.12. The summed E-state index contributed by atoms with van der Waals surface area (Å²) in [6.07, 6.45) is 3.73. The van der Waals surface area contributed by atoms with E-state index in [4.69, 9.17) is 4.74 Å². The summed E-state index contributed by atoms with van der Waals surface area (Å²) in [5.41, 5.74) is 3.37. The van der Waals surface area contributed by atoms with Crippen LogP contribution in [0.15, 0.2) is 42.6 Å². The van der Waals surface area contributed by atoms with Crippen molar-refractivity contribution in [1.29, 1.82) is 0 Å². The maximum absolute atomic E-state index is 14.4. The maximum atomic E-state index is 14.4. The first-order valence-electron chi connectivity index (χ1n) is 8.74. The van der Waals surface area contributed by atoms with Gasteiger partial charge >= 0.3 is 0 Å². The number of methoxy groups -OCH3 is 1. The van der Waals surface area contributed by atoms with Crippen LogP contribution in [0.3, 0.4) is 0 Å². The van der Waals surface area contributed by atoms with Gasteiger partial charge in [-0.1, -0.05) is 44.2 Å². The molecule has 0 amide bonds. The summed E-state index contributed by atoms with van der Waals surface area (Å²) >= 11 is 0. The summed E-state index contributed by atoms with van der Waals surface area (Å²) in [4.78, 5) is 2.95. The molecule has 0 fully saturated rings. The standard InChI is InChI=1S/C19H20FNO2.C2H6/c1-23-19-14(8-7-13-5-3-2-4-6-13)11-16(20)18-17(19)15(9-10-22)12-21-18;1-2/h2-6,11-12,21-22H,7-10H2,1H3;1-2H3. The van der Waals surface area contributed by atoms with Gasteiger partial charge in [-0.2, -0.15) is 0 Å². The van der Waals surface area contributed by atoms with Gasteiger partial charge < -0.3 is 14.8 Å². The largest absolute Gasteiger partial charge is 0.496 e. The molecule has 0 saturated carbocycles. The number of H-pyrrole nitrogens is 1. The van der Waals surface area contributed by atoms with Gasteiger partial charge in [-0.05, 0) is 42.0 Å². The second-order valence-electron chi connectivity index (χ2n) is 5.57. The summed E-state index contributed by atoms with van der Waals surface area (Å²) < 4.78 is 20.0. The Morgan fingerprint density at radius 1 is 1.04 bits per heavy atom. The predicted molar refractivity (Wildman–Crippen MR) is 101 cm³/mol. The van der Waals surface area contributed by atoms with Crippen LogP contribution in [0.25, 0.3) is 10.9 Å². The van der Waals surface area contributed by atoms with Crippen molar-refractivity contribution in [3.63, 3.8) is 0 Å². The lowest BCUT2D eigenvalue weighted by molar-refractivity contribution is 0.300. The van der Waals surface area contributed by atoms with Crippen LogP contribution >= 0.6 is 0 Å². The molecule has 0 spiro atoms. The summed E-state index contributed by atoms with van der Waals surface area (Å²) in [5.74, 6) is 0.412. The van der Waals surface area contributed by atoms with Crippen molar-refractivity contribution in [3.8, 4) is 5.75 Å². The van der Waals surface area contributed by atoms with E-state index in [1.165, 1.54) is 5.56 Å². The van der Waals surface area contributed by atoms with Crippen molar-refractivity contribution in [1.82, 2.24) is 4.98 Å². The molecule has 0 aliphatic rings. The number of rotatable bonds is 6. The molecule has 2 N–H and O–H groups in total. The van der Waals surface area contributed by atoms with Gasteiger partial charge in [0.05, 0.1) is 12.6 Å². The maximum Gasteiger partial charge on any atom is 0.147 e. The number of aliphatic hydroxyl groups excluding tert-OH is 1. The van der Waals surface area contributed by atoms with Crippen molar-refractivity contribution >= 4 is 10.9 Å². The minimum Gasteiger partial charge on any atom is -0.496 e. The Morgan fingerprint density at radius 2 is 1.76 bits per heavy atom. The number of aromatic amines is 1. The van der Waals surface area contributed by atoms with Crippen molar-refractivity contribution < 1.29 is 14.2 Å². The molecule has 0 bridgehead atoms. The van der Waals surface area contributed by atoms with E-state index in [2.05, 4.69) is 17.1 Å². The van der Waals surface area contributed by atoms with Gasteiger partial charge in [0, 0.05) is 18.2 Å². The zero-order chi connectivity index (χ0) is 18.2. The molecule has 3 aromatic rings. The van der Waals surface area contributed by atoms with Crippen molar-refractivity contribution in [2.75, 3.05) is 13.7 Å². The molecule has 1 aromatic heterocycles. The SMILES string of the molecule is CC.COc1c(CCc2ccccc2)cc(F)c2[nH]cc(CCO)c12. The smallest absolute Gasteiger partial charge is 0.147 e. The molecule has 25 heavy (non-hydrogen) atoms. The van der Waals surface area contributed by atoms with E-state index in [1.54, 1.807) is 19.4 Å². The quantitative estimate of drug-likeness (QED) is 0.683. The monoisotopic (exact) mass is 343 g/mol. The zero-order valence-corrected chi connectivity index (χ0v) is 15.1. The molecule has 3 nitrogen and oxygen atoms in total. The van der Waals surface area contributed by atoms with E-state index in [0.29, 0.717) is 24.1 Å². The number of halogens is 1. The second kappa shape index (κ2) is 9.23. The minimum absolute atomic E-state index is 0.0198. The highest BCUT2D eigenvalue weighted by molar-refractivity contribution is 5.91. The molecule has 134 valence electrons. The Bertz CT molecular complexity index is 797. The fourth-order valence-corrected chi connectivity index (χ4v) is 3.02. The lowest BCUT2D eigenvalue weighted by atomic mass is 9.99. The van der Waals surface area contributed by atoms with E-state index in [1.807, 2.05) is 32.0 Å². The molecule has 4 heteroatoms. The molecule has 0 radical (unpaired) electrons. The van der Waals surface area contributed by atoms with E-state index in [9.17, 15) is 9.50 Å². The van der Waals surface area contributed by atoms with Gasteiger partial charge in [-0.15, -0.1) is 0 Å². The molecule has 0 aliphatic heterocycles. The molecular weight excluding hydrogens is 317 g/mol. The fourth-order valence-electron chi connectivity index (χ4n) is 3.02. The van der Waals surface area contributed by atoms with Crippen LogP contribution in [0.1, 0.15) is 30.5 Å².